The van der Waals surface area contributed by atoms with Gasteiger partial charge in [-0.3, -0.25) is 4.79 Å². The summed E-state index contributed by atoms with van der Waals surface area (Å²) < 4.78 is 4.82. The molecule has 0 fully saturated rings. The first kappa shape index (κ1) is 12.9. The van der Waals surface area contributed by atoms with E-state index >= 15 is 0 Å². The van der Waals surface area contributed by atoms with E-state index in [1.54, 1.807) is 19.1 Å². The number of pyridine rings is 1. The Morgan fingerprint density at radius 2 is 2.11 bits per heavy atom. The highest BCUT2D eigenvalue weighted by atomic mass is 35.5. The summed E-state index contributed by atoms with van der Waals surface area (Å²) in [5, 5.41) is 1.26. The first-order valence-electron chi connectivity index (χ1n) is 5.22. The summed E-state index contributed by atoms with van der Waals surface area (Å²) in [7, 11) is 0. The number of hydrogen-bond acceptors (Lipinski definition) is 3. The van der Waals surface area contributed by atoms with Gasteiger partial charge in [0.05, 0.1) is 22.0 Å². The van der Waals surface area contributed by atoms with Crippen LogP contribution in [0.25, 0.3) is 10.8 Å². The zero-order valence-corrected chi connectivity index (χ0v) is 10.9. The lowest BCUT2D eigenvalue weighted by atomic mass is 10.1. The molecule has 18 heavy (non-hydrogen) atoms. The summed E-state index contributed by atoms with van der Waals surface area (Å²) in [6, 6.07) is 4.71. The fourth-order valence-electron chi connectivity index (χ4n) is 1.61. The van der Waals surface area contributed by atoms with Gasteiger partial charge in [0.15, 0.2) is 0 Å². The molecule has 0 radical (unpaired) electrons. The molecule has 0 amide bonds. The van der Waals surface area contributed by atoms with Crippen LogP contribution < -0.4 is 5.56 Å². The summed E-state index contributed by atoms with van der Waals surface area (Å²) in [6.07, 6.45) is 0. The van der Waals surface area contributed by atoms with Crippen molar-refractivity contribution < 1.29 is 9.53 Å². The molecule has 94 valence electrons. The van der Waals surface area contributed by atoms with E-state index in [2.05, 4.69) is 4.98 Å². The van der Waals surface area contributed by atoms with Gasteiger partial charge in [-0.05, 0) is 24.4 Å². The van der Waals surface area contributed by atoms with Crippen molar-refractivity contribution in [2.75, 3.05) is 6.61 Å². The average molecular weight is 286 g/mol. The minimum Gasteiger partial charge on any atom is -0.461 e. The number of ether oxygens (including phenoxy) is 1. The second-order valence-electron chi connectivity index (χ2n) is 3.56. The third-order valence-electron chi connectivity index (χ3n) is 2.40. The number of esters is 1. The van der Waals surface area contributed by atoms with Crippen molar-refractivity contribution in [3.8, 4) is 0 Å². The van der Waals surface area contributed by atoms with Gasteiger partial charge in [0, 0.05) is 0 Å². The lowest BCUT2D eigenvalue weighted by molar-refractivity contribution is 0.0519. The van der Waals surface area contributed by atoms with Crippen molar-refractivity contribution in [3.05, 3.63) is 44.3 Å². The molecular formula is C12H9Cl2NO3. The number of H-pyrrole nitrogens is 1. The number of hydrogen-bond donors (Lipinski definition) is 1. The number of nitrogens with one attached hydrogen (secondary N) is 1. The van der Waals surface area contributed by atoms with Crippen LogP contribution in [0.5, 0.6) is 0 Å². The second-order valence-corrected chi connectivity index (χ2v) is 4.34. The molecule has 0 unspecified atom stereocenters. The van der Waals surface area contributed by atoms with Crippen LogP contribution in [0, 0.1) is 0 Å². The van der Waals surface area contributed by atoms with E-state index in [0.29, 0.717) is 10.4 Å². The van der Waals surface area contributed by atoms with E-state index in [1.165, 1.54) is 6.07 Å². The molecule has 0 saturated carbocycles. The Morgan fingerprint density at radius 1 is 1.39 bits per heavy atom. The highest BCUT2D eigenvalue weighted by molar-refractivity contribution is 6.45. The van der Waals surface area contributed by atoms with Crippen LogP contribution in [0.15, 0.2) is 23.0 Å². The molecule has 1 aromatic carbocycles. The molecule has 0 aliphatic rings. The van der Waals surface area contributed by atoms with Crippen molar-refractivity contribution in [1.29, 1.82) is 0 Å². The Kier molecular flexibility index (Phi) is 3.59. The Balaban J connectivity index is 2.68. The number of aromatic nitrogens is 1. The fourth-order valence-corrected chi connectivity index (χ4v) is 2.03. The molecule has 1 heterocycles. The van der Waals surface area contributed by atoms with Gasteiger partial charge in [0.25, 0.3) is 5.56 Å². The average Bonchev–Trinajstić information content (AvgIpc) is 2.33. The Morgan fingerprint density at radius 3 is 2.78 bits per heavy atom. The number of aromatic amines is 1. The zero-order valence-electron chi connectivity index (χ0n) is 9.42. The van der Waals surface area contributed by atoms with Crippen LogP contribution in [0.3, 0.4) is 0 Å². The quantitative estimate of drug-likeness (QED) is 0.863. The smallest absolute Gasteiger partial charge is 0.354 e. The lowest BCUT2D eigenvalue weighted by Crippen LogP contribution is -2.15. The largest absolute Gasteiger partial charge is 0.461 e. The Bertz CT molecular complexity index is 679. The van der Waals surface area contributed by atoms with Crippen molar-refractivity contribution in [1.82, 2.24) is 4.98 Å². The fraction of sp³-hybridized carbons (Fsp3) is 0.167. The lowest BCUT2D eigenvalue weighted by Gasteiger charge is -2.05. The molecule has 0 atom stereocenters. The van der Waals surface area contributed by atoms with Gasteiger partial charge < -0.3 is 9.72 Å². The van der Waals surface area contributed by atoms with Gasteiger partial charge in [0.1, 0.15) is 5.69 Å². The molecule has 1 aromatic heterocycles. The second kappa shape index (κ2) is 5.00. The summed E-state index contributed by atoms with van der Waals surface area (Å²) in [5.41, 5.74) is -0.379. The standard InChI is InChI=1S/C12H9Cl2NO3/c1-2-18-12(17)8-5-6-3-4-7(13)10(14)9(6)11(16)15-8/h3-5H,2H2,1H3,(H,15,16). The van der Waals surface area contributed by atoms with Crippen LogP contribution in [0.1, 0.15) is 17.4 Å². The monoisotopic (exact) mass is 285 g/mol. The third kappa shape index (κ3) is 2.21. The predicted octanol–water partition coefficient (Wildman–Crippen LogP) is 3.01. The van der Waals surface area contributed by atoms with Gasteiger partial charge in [-0.25, -0.2) is 4.79 Å². The number of rotatable bonds is 2. The molecule has 0 aliphatic heterocycles. The molecule has 4 nitrogen and oxygen atoms in total. The van der Waals surface area contributed by atoms with Gasteiger partial charge in [0.2, 0.25) is 0 Å². The highest BCUT2D eigenvalue weighted by Gasteiger charge is 2.13. The number of halogens is 2. The first-order chi connectivity index (χ1) is 8.54. The minimum absolute atomic E-state index is 0.0905. The van der Waals surface area contributed by atoms with Crippen LogP contribution in [-0.2, 0) is 4.74 Å². The van der Waals surface area contributed by atoms with Crippen LogP contribution in [0.2, 0.25) is 10.0 Å². The summed E-state index contributed by atoms with van der Waals surface area (Å²) in [5.74, 6) is -0.581. The predicted molar refractivity (Wildman–Crippen MR) is 70.5 cm³/mol. The van der Waals surface area contributed by atoms with E-state index in [1.807, 2.05) is 0 Å². The Hall–Kier alpha value is -1.52. The van der Waals surface area contributed by atoms with Crippen molar-refractivity contribution >= 4 is 39.9 Å². The minimum atomic E-state index is -0.581. The summed E-state index contributed by atoms with van der Waals surface area (Å²) in [4.78, 5) is 25.8. The van der Waals surface area contributed by atoms with E-state index in [-0.39, 0.29) is 22.7 Å². The van der Waals surface area contributed by atoms with Crippen molar-refractivity contribution in [3.63, 3.8) is 0 Å². The maximum atomic E-state index is 11.9. The molecule has 0 aliphatic carbocycles. The third-order valence-corrected chi connectivity index (χ3v) is 3.20. The number of benzene rings is 1. The van der Waals surface area contributed by atoms with Gasteiger partial charge in [-0.1, -0.05) is 29.3 Å². The van der Waals surface area contributed by atoms with Gasteiger partial charge in [-0.2, -0.15) is 0 Å². The zero-order chi connectivity index (χ0) is 13.3. The molecule has 6 heteroatoms. The van der Waals surface area contributed by atoms with Crippen molar-refractivity contribution in [2.24, 2.45) is 0 Å². The van der Waals surface area contributed by atoms with E-state index in [4.69, 9.17) is 27.9 Å². The van der Waals surface area contributed by atoms with E-state index in [0.717, 1.165) is 0 Å². The maximum Gasteiger partial charge on any atom is 0.354 e. The van der Waals surface area contributed by atoms with E-state index in [9.17, 15) is 9.59 Å². The van der Waals surface area contributed by atoms with Crippen LogP contribution >= 0.6 is 23.2 Å². The van der Waals surface area contributed by atoms with E-state index < -0.39 is 11.5 Å². The van der Waals surface area contributed by atoms with Crippen molar-refractivity contribution in [2.45, 2.75) is 6.92 Å². The van der Waals surface area contributed by atoms with Gasteiger partial charge >= 0.3 is 5.97 Å². The molecule has 0 saturated heterocycles. The normalized spacial score (nSPS) is 10.6. The SMILES string of the molecule is CCOC(=O)c1cc2ccc(Cl)c(Cl)c2c(=O)[nH]1. The first-order valence-corrected chi connectivity index (χ1v) is 5.98. The van der Waals surface area contributed by atoms with Crippen LogP contribution in [-0.4, -0.2) is 17.6 Å². The summed E-state index contributed by atoms with van der Waals surface area (Å²) >= 11 is 11.8. The topological polar surface area (TPSA) is 59.2 Å². The molecular weight excluding hydrogens is 277 g/mol. The summed E-state index contributed by atoms with van der Waals surface area (Å²) in [6.45, 7) is 1.92. The maximum absolute atomic E-state index is 11.9. The van der Waals surface area contributed by atoms with Gasteiger partial charge in [-0.15, -0.1) is 0 Å². The highest BCUT2D eigenvalue weighted by Crippen LogP contribution is 2.28. The Labute approximate surface area is 112 Å². The number of carbonyl (C=O) groups is 1. The van der Waals surface area contributed by atoms with Crippen LogP contribution in [0.4, 0.5) is 0 Å². The molecule has 0 spiro atoms. The molecule has 0 bridgehead atoms. The number of carbonyl (C=O) groups excluding carboxylic acids is 1. The molecule has 2 rings (SSSR count). The number of fused-ring (bicyclic) bond motifs is 1. The molecule has 2 aromatic rings. The molecule has 1 N–H and O–H groups in total.